The van der Waals surface area contributed by atoms with Crippen LogP contribution in [0, 0.1) is 5.92 Å². The van der Waals surface area contributed by atoms with Gasteiger partial charge in [-0.3, -0.25) is 4.79 Å². The van der Waals surface area contributed by atoms with Crippen molar-refractivity contribution in [1.29, 1.82) is 0 Å². The van der Waals surface area contributed by atoms with E-state index in [1.807, 2.05) is 6.07 Å². The van der Waals surface area contributed by atoms with E-state index in [9.17, 15) is 4.79 Å². The van der Waals surface area contributed by atoms with Crippen LogP contribution in [0.2, 0.25) is 0 Å². The molecule has 2 rings (SSSR count). The van der Waals surface area contributed by atoms with Crippen LogP contribution in [0.5, 0.6) is 0 Å². The summed E-state index contributed by atoms with van der Waals surface area (Å²) >= 11 is 0. The van der Waals surface area contributed by atoms with Gasteiger partial charge in [-0.2, -0.15) is 0 Å². The van der Waals surface area contributed by atoms with Gasteiger partial charge in [0, 0.05) is 12.7 Å². The van der Waals surface area contributed by atoms with E-state index >= 15 is 0 Å². The molecule has 4 nitrogen and oxygen atoms in total. The molecule has 0 spiro atoms. The van der Waals surface area contributed by atoms with Crippen molar-refractivity contribution in [3.63, 3.8) is 0 Å². The predicted octanol–water partition coefficient (Wildman–Crippen LogP) is 2.56. The van der Waals surface area contributed by atoms with E-state index in [1.54, 1.807) is 13.4 Å². The first-order valence-electron chi connectivity index (χ1n) is 6.50. The zero-order chi connectivity index (χ0) is 13.1. The van der Waals surface area contributed by atoms with Crippen LogP contribution in [-0.4, -0.2) is 25.7 Å². The molecule has 1 saturated carbocycles. The Kier molecular flexibility index (Phi) is 4.07. The van der Waals surface area contributed by atoms with Crippen LogP contribution in [0.15, 0.2) is 16.7 Å². The Bertz CT molecular complexity index is 407. The Morgan fingerprint density at radius 1 is 1.56 bits per heavy atom. The van der Waals surface area contributed by atoms with Crippen molar-refractivity contribution in [2.24, 2.45) is 5.92 Å². The summed E-state index contributed by atoms with van der Waals surface area (Å²) in [6.07, 6.45) is 3.92. The Balaban J connectivity index is 2.03. The zero-order valence-corrected chi connectivity index (χ0v) is 11.2. The number of ether oxygens (including phenoxy) is 1. The lowest BCUT2D eigenvalue weighted by molar-refractivity contribution is 0.0855. The summed E-state index contributed by atoms with van der Waals surface area (Å²) in [5.41, 5.74) is 0.958. The number of hydrogen-bond donors (Lipinski definition) is 1. The Labute approximate surface area is 108 Å². The molecule has 0 aromatic carbocycles. The molecule has 1 amide bonds. The van der Waals surface area contributed by atoms with Crippen LogP contribution >= 0.6 is 0 Å². The van der Waals surface area contributed by atoms with Gasteiger partial charge < -0.3 is 14.5 Å². The lowest BCUT2D eigenvalue weighted by Gasteiger charge is -2.17. The number of carbonyl (C=O) groups excluding carboxylic acids is 1. The summed E-state index contributed by atoms with van der Waals surface area (Å²) in [7, 11) is 1.66. The fraction of sp³-hybridized carbons (Fsp3) is 0.643. The molecule has 0 aliphatic heterocycles. The number of furan rings is 1. The summed E-state index contributed by atoms with van der Waals surface area (Å²) in [6, 6.07) is 1.97. The van der Waals surface area contributed by atoms with E-state index in [0.29, 0.717) is 18.3 Å². The summed E-state index contributed by atoms with van der Waals surface area (Å²) in [4.78, 5) is 12.2. The third-order valence-electron chi connectivity index (χ3n) is 3.38. The monoisotopic (exact) mass is 251 g/mol. The number of methoxy groups -OCH3 is 1. The zero-order valence-electron chi connectivity index (χ0n) is 11.2. The number of hydrogen-bond acceptors (Lipinski definition) is 3. The topological polar surface area (TPSA) is 51.5 Å². The second-order valence-corrected chi connectivity index (χ2v) is 5.23. The predicted molar refractivity (Wildman–Crippen MR) is 68.7 cm³/mol. The van der Waals surface area contributed by atoms with Crippen molar-refractivity contribution < 1.29 is 13.9 Å². The summed E-state index contributed by atoms with van der Waals surface area (Å²) in [6.45, 7) is 4.67. The van der Waals surface area contributed by atoms with Crippen molar-refractivity contribution >= 4 is 5.91 Å². The maximum atomic E-state index is 12.2. The first kappa shape index (κ1) is 13.1. The van der Waals surface area contributed by atoms with E-state index in [0.717, 1.165) is 5.56 Å². The summed E-state index contributed by atoms with van der Waals surface area (Å²) < 4.78 is 10.5. The van der Waals surface area contributed by atoms with Crippen LogP contribution in [-0.2, 0) is 4.74 Å². The molecule has 1 aliphatic rings. The highest BCUT2D eigenvalue weighted by molar-refractivity contribution is 5.93. The number of carbonyl (C=O) groups is 1. The molecule has 1 heterocycles. The molecule has 1 aromatic rings. The van der Waals surface area contributed by atoms with Crippen LogP contribution in [0.4, 0.5) is 0 Å². The van der Waals surface area contributed by atoms with Gasteiger partial charge in [-0.15, -0.1) is 0 Å². The number of nitrogens with one attached hydrogen (secondary N) is 1. The van der Waals surface area contributed by atoms with Crippen molar-refractivity contribution in [3.8, 4) is 0 Å². The van der Waals surface area contributed by atoms with Gasteiger partial charge in [0.05, 0.1) is 18.9 Å². The highest BCUT2D eigenvalue weighted by Gasteiger charge is 2.33. The molecule has 0 bridgehead atoms. The average Bonchev–Trinajstić information content (AvgIpc) is 3.04. The molecule has 1 unspecified atom stereocenters. The fourth-order valence-corrected chi connectivity index (χ4v) is 2.17. The van der Waals surface area contributed by atoms with Gasteiger partial charge >= 0.3 is 0 Å². The second kappa shape index (κ2) is 5.57. The number of rotatable bonds is 6. The molecule has 100 valence electrons. The minimum Gasteiger partial charge on any atom is -0.459 e. The lowest BCUT2D eigenvalue weighted by atomic mass is 10.0. The maximum absolute atomic E-state index is 12.2. The van der Waals surface area contributed by atoms with Gasteiger partial charge in [0.15, 0.2) is 5.76 Å². The standard InChI is InChI=1S/C14H21NO3/c1-9(2)11-6-7-18-13(11)14(16)15-12(8-17-3)10-4-5-10/h6-7,9-10,12H,4-5,8H2,1-3H3,(H,15,16). The third kappa shape index (κ3) is 2.93. The lowest BCUT2D eigenvalue weighted by Crippen LogP contribution is -2.39. The third-order valence-corrected chi connectivity index (χ3v) is 3.38. The van der Waals surface area contributed by atoms with Crippen LogP contribution in [0.25, 0.3) is 0 Å². The van der Waals surface area contributed by atoms with Gasteiger partial charge in [-0.05, 0) is 30.7 Å². The van der Waals surface area contributed by atoms with Gasteiger partial charge in [0.1, 0.15) is 0 Å². The van der Waals surface area contributed by atoms with E-state index in [-0.39, 0.29) is 17.9 Å². The molecule has 1 fully saturated rings. The van der Waals surface area contributed by atoms with E-state index < -0.39 is 0 Å². The Morgan fingerprint density at radius 2 is 2.28 bits per heavy atom. The van der Waals surface area contributed by atoms with Crippen molar-refractivity contribution in [2.75, 3.05) is 13.7 Å². The van der Waals surface area contributed by atoms with Crippen molar-refractivity contribution in [1.82, 2.24) is 5.32 Å². The van der Waals surface area contributed by atoms with Crippen LogP contribution < -0.4 is 5.32 Å². The molecule has 1 atom stereocenters. The SMILES string of the molecule is COCC(NC(=O)c1occc1C(C)C)C1CC1. The maximum Gasteiger partial charge on any atom is 0.287 e. The van der Waals surface area contributed by atoms with Gasteiger partial charge in [-0.1, -0.05) is 13.8 Å². The number of amides is 1. The normalized spacial score (nSPS) is 16.9. The molecule has 0 radical (unpaired) electrons. The molecular formula is C14H21NO3. The minimum atomic E-state index is -0.127. The summed E-state index contributed by atoms with van der Waals surface area (Å²) in [5.74, 6) is 1.15. The van der Waals surface area contributed by atoms with Crippen molar-refractivity contribution in [2.45, 2.75) is 38.6 Å². The first-order valence-corrected chi connectivity index (χ1v) is 6.50. The van der Waals surface area contributed by atoms with E-state index in [4.69, 9.17) is 9.15 Å². The molecule has 4 heteroatoms. The highest BCUT2D eigenvalue weighted by atomic mass is 16.5. The molecule has 1 N–H and O–H groups in total. The Morgan fingerprint density at radius 3 is 2.83 bits per heavy atom. The fourth-order valence-electron chi connectivity index (χ4n) is 2.17. The molecule has 0 saturated heterocycles. The summed E-state index contributed by atoms with van der Waals surface area (Å²) in [5, 5.41) is 3.02. The second-order valence-electron chi connectivity index (χ2n) is 5.23. The minimum absolute atomic E-state index is 0.104. The van der Waals surface area contributed by atoms with E-state index in [2.05, 4.69) is 19.2 Å². The van der Waals surface area contributed by atoms with Crippen LogP contribution in [0.1, 0.15) is 48.7 Å². The average molecular weight is 251 g/mol. The molecular weight excluding hydrogens is 230 g/mol. The van der Waals surface area contributed by atoms with E-state index in [1.165, 1.54) is 12.8 Å². The first-order chi connectivity index (χ1) is 8.63. The van der Waals surface area contributed by atoms with Crippen LogP contribution in [0.3, 0.4) is 0 Å². The van der Waals surface area contributed by atoms with Crippen molar-refractivity contribution in [3.05, 3.63) is 23.7 Å². The largest absolute Gasteiger partial charge is 0.459 e. The van der Waals surface area contributed by atoms with Gasteiger partial charge in [-0.25, -0.2) is 0 Å². The highest BCUT2D eigenvalue weighted by Crippen LogP contribution is 2.33. The molecule has 1 aliphatic carbocycles. The molecule has 18 heavy (non-hydrogen) atoms. The quantitative estimate of drug-likeness (QED) is 0.845. The van der Waals surface area contributed by atoms with Gasteiger partial charge in [0.25, 0.3) is 5.91 Å². The van der Waals surface area contributed by atoms with Gasteiger partial charge in [0.2, 0.25) is 0 Å². The Hall–Kier alpha value is -1.29. The molecule has 1 aromatic heterocycles. The smallest absolute Gasteiger partial charge is 0.287 e.